The Hall–Kier alpha value is -2.91. The van der Waals surface area contributed by atoms with Crippen LogP contribution in [0, 0.1) is 5.82 Å². The second-order valence-corrected chi connectivity index (χ2v) is 9.51. The molecule has 188 valence electrons. The maximum atomic E-state index is 13.5. The largest absolute Gasteiger partial charge is 0.416 e. The van der Waals surface area contributed by atoms with Crippen molar-refractivity contribution in [3.63, 3.8) is 0 Å². The number of nitrogens with zero attached hydrogens (tertiary/aromatic N) is 2. The van der Waals surface area contributed by atoms with Crippen LogP contribution >= 0.6 is 12.4 Å². The van der Waals surface area contributed by atoms with Crippen LogP contribution in [0.25, 0.3) is 0 Å². The Morgan fingerprint density at radius 2 is 1.77 bits per heavy atom. The number of hydrogen-bond donors (Lipinski definition) is 2. The van der Waals surface area contributed by atoms with E-state index >= 15 is 0 Å². The monoisotopic (exact) mass is 510 g/mol. The van der Waals surface area contributed by atoms with E-state index in [1.54, 1.807) is 6.07 Å². The summed E-state index contributed by atoms with van der Waals surface area (Å²) in [6.07, 6.45) is -2.19. The molecule has 3 aromatic rings. The number of carbonyl (C=O) groups is 1. The van der Waals surface area contributed by atoms with Gasteiger partial charge in [-0.15, -0.1) is 12.4 Å². The number of aromatic nitrogens is 2. The molecule has 1 aliphatic heterocycles. The second kappa shape index (κ2) is 9.99. The molecule has 2 aromatic carbocycles. The summed E-state index contributed by atoms with van der Waals surface area (Å²) in [6.45, 7) is 6.04. The van der Waals surface area contributed by atoms with Gasteiger partial charge in [-0.2, -0.15) is 18.3 Å². The molecule has 0 spiro atoms. The molecular formula is C25H27ClF4N4O. The van der Waals surface area contributed by atoms with Crippen molar-refractivity contribution in [3.8, 4) is 0 Å². The van der Waals surface area contributed by atoms with Gasteiger partial charge in [0.25, 0.3) is 0 Å². The number of anilines is 1. The molecular weight excluding hydrogens is 484 g/mol. The maximum absolute atomic E-state index is 13.5. The highest BCUT2D eigenvalue weighted by Gasteiger charge is 2.41. The smallest absolute Gasteiger partial charge is 0.325 e. The normalized spacial score (nSPS) is 20.4. The summed E-state index contributed by atoms with van der Waals surface area (Å²) in [7, 11) is 0. The van der Waals surface area contributed by atoms with Gasteiger partial charge in [-0.3, -0.25) is 14.8 Å². The third kappa shape index (κ3) is 6.02. The van der Waals surface area contributed by atoms with Crippen molar-refractivity contribution in [1.29, 1.82) is 0 Å². The Morgan fingerprint density at radius 3 is 2.34 bits per heavy atom. The highest BCUT2D eigenvalue weighted by atomic mass is 35.5. The number of hydrogen-bond acceptors (Lipinski definition) is 3. The average Bonchev–Trinajstić information content (AvgIpc) is 3.41. The summed E-state index contributed by atoms with van der Waals surface area (Å²) in [6, 6.07) is 11.4. The summed E-state index contributed by atoms with van der Waals surface area (Å²) in [5, 5.41) is 10.7. The number of halogens is 5. The van der Waals surface area contributed by atoms with Crippen LogP contribution in [0.1, 0.15) is 56.0 Å². The van der Waals surface area contributed by atoms with Crippen LogP contribution in [0.2, 0.25) is 0 Å². The van der Waals surface area contributed by atoms with Crippen LogP contribution in [0.15, 0.2) is 60.8 Å². The van der Waals surface area contributed by atoms with E-state index in [4.69, 9.17) is 5.10 Å². The number of amides is 1. The molecule has 3 atom stereocenters. The lowest BCUT2D eigenvalue weighted by atomic mass is 9.90. The minimum absolute atomic E-state index is 0. The van der Waals surface area contributed by atoms with Gasteiger partial charge in [0, 0.05) is 23.8 Å². The van der Waals surface area contributed by atoms with Crippen molar-refractivity contribution in [2.75, 3.05) is 5.32 Å². The van der Waals surface area contributed by atoms with Gasteiger partial charge in [-0.1, -0.05) is 18.2 Å². The molecule has 1 aliphatic rings. The molecule has 1 unspecified atom stereocenters. The third-order valence-corrected chi connectivity index (χ3v) is 5.96. The molecule has 0 bridgehead atoms. The fraction of sp³-hybridized carbons (Fsp3) is 0.360. The van der Waals surface area contributed by atoms with Crippen LogP contribution in [-0.2, 0) is 16.5 Å². The number of rotatable bonds is 4. The molecule has 5 nitrogen and oxygen atoms in total. The Bertz CT molecular complexity index is 1170. The first kappa shape index (κ1) is 26.7. The quantitative estimate of drug-likeness (QED) is 0.420. The van der Waals surface area contributed by atoms with E-state index in [1.807, 2.05) is 37.7 Å². The molecule has 1 amide bonds. The van der Waals surface area contributed by atoms with E-state index in [1.165, 1.54) is 30.3 Å². The van der Waals surface area contributed by atoms with Crippen LogP contribution in [-0.4, -0.2) is 21.7 Å². The minimum Gasteiger partial charge on any atom is -0.325 e. The van der Waals surface area contributed by atoms with Gasteiger partial charge in [0.1, 0.15) is 5.82 Å². The van der Waals surface area contributed by atoms with E-state index in [0.29, 0.717) is 17.7 Å². The first-order valence-corrected chi connectivity index (χ1v) is 11.0. The number of nitrogens with one attached hydrogen (secondary N) is 2. The van der Waals surface area contributed by atoms with E-state index < -0.39 is 29.6 Å². The van der Waals surface area contributed by atoms with Crippen LogP contribution in [0.4, 0.5) is 23.2 Å². The summed E-state index contributed by atoms with van der Waals surface area (Å²) < 4.78 is 54.5. The Balaban J connectivity index is 0.00000342. The van der Waals surface area contributed by atoms with Crippen molar-refractivity contribution in [3.05, 3.63) is 83.4 Å². The standard InChI is InChI=1S/C25H26F4N4O.ClH/c1-24(2,3)33-12-11-20(32-33)19-14-21(23(34)30-18-6-4-5-17(26)13-18)31-22(19)15-7-9-16(10-8-15)25(27,28)29;/h4-13,19,21-22,31H,14H2,1-3H3,(H,30,34);1H/t19?,21-,22-;/m0./s1. The molecule has 35 heavy (non-hydrogen) atoms. The number of alkyl halides is 3. The van der Waals surface area contributed by atoms with Crippen LogP contribution in [0.5, 0.6) is 0 Å². The molecule has 2 N–H and O–H groups in total. The molecule has 1 saturated heterocycles. The topological polar surface area (TPSA) is 59.0 Å². The highest BCUT2D eigenvalue weighted by molar-refractivity contribution is 5.95. The zero-order valence-corrected chi connectivity index (χ0v) is 20.3. The van der Waals surface area contributed by atoms with Gasteiger partial charge in [0.05, 0.1) is 22.8 Å². The zero-order valence-electron chi connectivity index (χ0n) is 19.4. The summed E-state index contributed by atoms with van der Waals surface area (Å²) in [4.78, 5) is 13.0. The lowest BCUT2D eigenvalue weighted by Gasteiger charge is -2.21. The van der Waals surface area contributed by atoms with Gasteiger partial charge >= 0.3 is 6.18 Å². The first-order chi connectivity index (χ1) is 15.9. The van der Waals surface area contributed by atoms with E-state index in [9.17, 15) is 22.4 Å². The fourth-order valence-electron chi connectivity index (χ4n) is 4.18. The molecule has 10 heteroatoms. The van der Waals surface area contributed by atoms with Crippen molar-refractivity contribution in [2.24, 2.45) is 0 Å². The van der Waals surface area contributed by atoms with Gasteiger partial charge < -0.3 is 5.32 Å². The van der Waals surface area contributed by atoms with Crippen molar-refractivity contribution >= 4 is 24.0 Å². The van der Waals surface area contributed by atoms with Crippen molar-refractivity contribution in [2.45, 2.75) is 56.9 Å². The van der Waals surface area contributed by atoms with E-state index in [2.05, 4.69) is 10.6 Å². The van der Waals surface area contributed by atoms with Gasteiger partial charge in [0.15, 0.2) is 0 Å². The first-order valence-electron chi connectivity index (χ1n) is 11.0. The van der Waals surface area contributed by atoms with Crippen molar-refractivity contribution in [1.82, 2.24) is 15.1 Å². The Labute approximate surface area is 207 Å². The molecule has 0 saturated carbocycles. The average molecular weight is 511 g/mol. The molecule has 2 heterocycles. The molecule has 1 fully saturated rings. The minimum atomic E-state index is -4.43. The summed E-state index contributed by atoms with van der Waals surface area (Å²) >= 11 is 0. The second-order valence-electron chi connectivity index (χ2n) is 9.51. The molecule has 4 rings (SSSR count). The van der Waals surface area contributed by atoms with Gasteiger partial charge in [-0.25, -0.2) is 4.39 Å². The lowest BCUT2D eigenvalue weighted by molar-refractivity contribution is -0.137. The SMILES string of the molecule is CC(C)(C)n1ccc(C2C[C@@H](C(=O)Nc3cccc(F)c3)N[C@H]2c2ccc(C(F)(F)F)cc2)n1.Cl. The third-order valence-electron chi connectivity index (χ3n) is 5.96. The summed E-state index contributed by atoms with van der Waals surface area (Å²) in [5.41, 5.74) is 0.724. The molecule has 0 radical (unpaired) electrons. The van der Waals surface area contributed by atoms with E-state index in [0.717, 1.165) is 17.8 Å². The van der Waals surface area contributed by atoms with Crippen LogP contribution < -0.4 is 10.6 Å². The van der Waals surface area contributed by atoms with Crippen LogP contribution in [0.3, 0.4) is 0 Å². The predicted molar refractivity (Wildman–Crippen MR) is 128 cm³/mol. The number of benzene rings is 2. The van der Waals surface area contributed by atoms with E-state index in [-0.39, 0.29) is 29.8 Å². The predicted octanol–water partition coefficient (Wildman–Crippen LogP) is 6.04. The molecule has 0 aliphatic carbocycles. The van der Waals surface area contributed by atoms with Crippen molar-refractivity contribution < 1.29 is 22.4 Å². The number of carbonyl (C=O) groups excluding carboxylic acids is 1. The van der Waals surface area contributed by atoms with Gasteiger partial charge in [-0.05, 0) is 69.2 Å². The van der Waals surface area contributed by atoms with Gasteiger partial charge in [0.2, 0.25) is 5.91 Å². The highest BCUT2D eigenvalue weighted by Crippen LogP contribution is 2.41. The maximum Gasteiger partial charge on any atom is 0.416 e. The summed E-state index contributed by atoms with van der Waals surface area (Å²) in [5.74, 6) is -1.06. The lowest BCUT2D eigenvalue weighted by Crippen LogP contribution is -2.36. The molecule has 1 aromatic heterocycles. The Kier molecular flexibility index (Phi) is 7.62. The Morgan fingerprint density at radius 1 is 1.09 bits per heavy atom. The zero-order chi connectivity index (χ0) is 24.7. The fourth-order valence-corrected chi connectivity index (χ4v) is 4.18.